The highest BCUT2D eigenvalue weighted by Crippen LogP contribution is 2.31. The Kier molecular flexibility index (Phi) is 5.00. The number of carbonyl (C=O) groups is 1. The van der Waals surface area contributed by atoms with Gasteiger partial charge in [-0.3, -0.25) is 18.9 Å². The molecular weight excluding hydrogens is 445 g/mol. The third-order valence-corrected chi connectivity index (χ3v) is 5.98. The molecule has 3 aromatic heterocycles. The van der Waals surface area contributed by atoms with E-state index in [1.54, 1.807) is 24.4 Å². The van der Waals surface area contributed by atoms with Crippen molar-refractivity contribution in [2.75, 3.05) is 11.4 Å². The third-order valence-electron chi connectivity index (χ3n) is 5.98. The summed E-state index contributed by atoms with van der Waals surface area (Å²) in [6.07, 6.45) is 3.63. The first-order valence-electron chi connectivity index (χ1n) is 10.6. The summed E-state index contributed by atoms with van der Waals surface area (Å²) in [6, 6.07) is 10.8. The van der Waals surface area contributed by atoms with Gasteiger partial charge in [0.2, 0.25) is 0 Å². The summed E-state index contributed by atoms with van der Waals surface area (Å²) in [4.78, 5) is 35.5. The zero-order valence-electron chi connectivity index (χ0n) is 18.3. The molecular formula is C25H19F3N4O2. The van der Waals surface area contributed by atoms with Gasteiger partial charge in [-0.15, -0.1) is 0 Å². The topological polar surface area (TPSA) is 67.6 Å². The highest BCUT2D eigenvalue weighted by atomic mass is 19.3. The molecule has 0 bridgehead atoms. The first-order chi connectivity index (χ1) is 16.2. The molecule has 1 aliphatic heterocycles. The maximum atomic E-state index is 15.2. The van der Waals surface area contributed by atoms with Gasteiger partial charge in [-0.1, -0.05) is 12.1 Å². The van der Waals surface area contributed by atoms with E-state index < -0.39 is 28.9 Å². The summed E-state index contributed by atoms with van der Waals surface area (Å²) in [5, 5.41) is 0. The molecule has 0 N–H and O–H groups in total. The predicted molar refractivity (Wildman–Crippen MR) is 121 cm³/mol. The van der Waals surface area contributed by atoms with Gasteiger partial charge in [-0.25, -0.2) is 14.4 Å². The highest BCUT2D eigenvalue weighted by Gasteiger charge is 2.31. The van der Waals surface area contributed by atoms with Gasteiger partial charge in [0.25, 0.3) is 17.4 Å². The van der Waals surface area contributed by atoms with Crippen molar-refractivity contribution in [1.82, 2.24) is 14.4 Å². The molecule has 34 heavy (non-hydrogen) atoms. The molecule has 1 aromatic carbocycles. The fourth-order valence-electron chi connectivity index (χ4n) is 4.31. The summed E-state index contributed by atoms with van der Waals surface area (Å²) >= 11 is 0. The molecule has 0 saturated heterocycles. The number of halogens is 3. The minimum absolute atomic E-state index is 0.0224. The fraction of sp³-hybridized carbons (Fsp3) is 0.200. The van der Waals surface area contributed by atoms with Gasteiger partial charge in [0, 0.05) is 37.0 Å². The molecule has 0 aliphatic carbocycles. The maximum absolute atomic E-state index is 15.2. The fourth-order valence-corrected chi connectivity index (χ4v) is 4.31. The lowest BCUT2D eigenvalue weighted by Gasteiger charge is -2.17. The maximum Gasteiger partial charge on any atom is 0.287 e. The number of nitrogens with zero attached hydrogens (tertiary/aromatic N) is 4. The van der Waals surface area contributed by atoms with E-state index in [0.29, 0.717) is 31.3 Å². The van der Waals surface area contributed by atoms with Crippen molar-refractivity contribution in [2.24, 2.45) is 0 Å². The molecule has 9 heteroatoms. The number of alkyl halides is 2. The zero-order chi connectivity index (χ0) is 24.2. The lowest BCUT2D eigenvalue weighted by Crippen LogP contribution is -2.30. The Labute approximate surface area is 192 Å². The minimum atomic E-state index is -3.33. The molecule has 0 saturated carbocycles. The Morgan fingerprint density at radius 2 is 1.94 bits per heavy atom. The Hall–Kier alpha value is -4.01. The molecule has 4 aromatic rings. The van der Waals surface area contributed by atoms with E-state index in [0.717, 1.165) is 16.0 Å². The van der Waals surface area contributed by atoms with Crippen LogP contribution in [0, 0.1) is 12.7 Å². The van der Waals surface area contributed by atoms with Crippen LogP contribution >= 0.6 is 0 Å². The summed E-state index contributed by atoms with van der Waals surface area (Å²) in [6.45, 7) is 2.37. The van der Waals surface area contributed by atoms with Crippen LogP contribution in [-0.2, 0) is 12.3 Å². The van der Waals surface area contributed by atoms with Crippen molar-refractivity contribution in [2.45, 2.75) is 26.2 Å². The van der Waals surface area contributed by atoms with Crippen molar-refractivity contribution >= 4 is 17.4 Å². The molecule has 4 heterocycles. The van der Waals surface area contributed by atoms with E-state index >= 15 is 4.39 Å². The highest BCUT2D eigenvalue weighted by molar-refractivity contribution is 6.07. The number of hydrogen-bond donors (Lipinski definition) is 0. The van der Waals surface area contributed by atoms with Crippen LogP contribution in [0.5, 0.6) is 0 Å². The number of rotatable bonds is 3. The average molecular weight is 464 g/mol. The van der Waals surface area contributed by atoms with Crippen LogP contribution in [0.4, 0.5) is 19.0 Å². The first-order valence-corrected chi connectivity index (χ1v) is 10.6. The number of hydrogen-bond acceptors (Lipinski definition) is 4. The Balaban J connectivity index is 1.59. The summed E-state index contributed by atoms with van der Waals surface area (Å²) < 4.78 is 44.5. The molecule has 0 spiro atoms. The largest absolute Gasteiger partial charge is 0.292 e. The van der Waals surface area contributed by atoms with Crippen LogP contribution in [0.15, 0.2) is 59.7 Å². The van der Waals surface area contributed by atoms with Gasteiger partial charge < -0.3 is 0 Å². The second-order valence-corrected chi connectivity index (χ2v) is 8.28. The number of pyridine rings is 2. The number of fused-ring (bicyclic) bond motifs is 2. The van der Waals surface area contributed by atoms with E-state index in [-0.39, 0.29) is 22.3 Å². The molecule has 1 amide bonds. The number of carbonyl (C=O) groups excluding carboxylic acids is 1. The Morgan fingerprint density at radius 1 is 1.15 bits per heavy atom. The first kappa shape index (κ1) is 21.8. The molecule has 0 radical (unpaired) electrons. The molecule has 1 aliphatic rings. The van der Waals surface area contributed by atoms with Crippen LogP contribution in [0.25, 0.3) is 16.8 Å². The van der Waals surface area contributed by atoms with E-state index in [1.165, 1.54) is 30.2 Å². The van der Waals surface area contributed by atoms with Crippen molar-refractivity contribution < 1.29 is 18.0 Å². The zero-order valence-corrected chi connectivity index (χ0v) is 18.3. The number of anilines is 1. The van der Waals surface area contributed by atoms with Crippen molar-refractivity contribution in [3.63, 3.8) is 0 Å². The summed E-state index contributed by atoms with van der Waals surface area (Å²) in [5.74, 6) is -4.11. The van der Waals surface area contributed by atoms with Gasteiger partial charge in [0.1, 0.15) is 23.0 Å². The normalized spacial score (nSPS) is 13.4. The van der Waals surface area contributed by atoms with E-state index in [1.807, 2.05) is 6.07 Å². The van der Waals surface area contributed by atoms with Gasteiger partial charge in [-0.2, -0.15) is 8.78 Å². The summed E-state index contributed by atoms with van der Waals surface area (Å²) in [7, 11) is 0. The van der Waals surface area contributed by atoms with Crippen molar-refractivity contribution in [3.8, 4) is 11.1 Å². The monoisotopic (exact) mass is 464 g/mol. The van der Waals surface area contributed by atoms with Crippen LogP contribution in [0.1, 0.15) is 34.1 Å². The molecule has 0 unspecified atom stereocenters. The lowest BCUT2D eigenvalue weighted by molar-refractivity contribution is 0.0120. The molecule has 172 valence electrons. The van der Waals surface area contributed by atoms with Crippen molar-refractivity contribution in [1.29, 1.82) is 0 Å². The molecule has 0 fully saturated rings. The van der Waals surface area contributed by atoms with E-state index in [9.17, 15) is 18.4 Å². The standard InChI is InChI=1S/C25H19F3N4O2/c1-14-20(25(2,27)28)30-22-17(6-4-11-31(22)23(14)33)16-7-8-18(19(26)13-16)24(34)32-12-9-15-5-3-10-29-21(15)32/h3-8,10-11,13H,9,12H2,1-2H3. The van der Waals surface area contributed by atoms with Gasteiger partial charge in [0.15, 0.2) is 0 Å². The second-order valence-electron chi connectivity index (χ2n) is 8.28. The number of aromatic nitrogens is 3. The van der Waals surface area contributed by atoms with Gasteiger partial charge >= 0.3 is 0 Å². The van der Waals surface area contributed by atoms with Crippen LogP contribution in [0.3, 0.4) is 0 Å². The smallest absolute Gasteiger partial charge is 0.287 e. The van der Waals surface area contributed by atoms with Gasteiger partial charge in [0.05, 0.1) is 5.56 Å². The third kappa shape index (κ3) is 3.44. The Bertz CT molecular complexity index is 1530. The van der Waals surface area contributed by atoms with Crippen molar-refractivity contribution in [3.05, 3.63) is 93.4 Å². The second kappa shape index (κ2) is 7.79. The van der Waals surface area contributed by atoms with Crippen LogP contribution in [-0.4, -0.2) is 26.8 Å². The van der Waals surface area contributed by atoms with Crippen LogP contribution < -0.4 is 10.5 Å². The SMILES string of the molecule is Cc1c(C(C)(F)F)nc2c(-c3ccc(C(=O)N4CCc5cccnc54)c(F)c3)cccn2c1=O. The number of benzene rings is 1. The quantitative estimate of drug-likeness (QED) is 0.447. The average Bonchev–Trinajstić information content (AvgIpc) is 3.24. The van der Waals surface area contributed by atoms with Gasteiger partial charge in [-0.05, 0) is 54.8 Å². The lowest BCUT2D eigenvalue weighted by atomic mass is 10.0. The Morgan fingerprint density at radius 3 is 2.68 bits per heavy atom. The van der Waals surface area contributed by atoms with Crippen LogP contribution in [0.2, 0.25) is 0 Å². The van der Waals surface area contributed by atoms with E-state index in [2.05, 4.69) is 9.97 Å². The molecule has 6 nitrogen and oxygen atoms in total. The number of amides is 1. The van der Waals surface area contributed by atoms with E-state index in [4.69, 9.17) is 0 Å². The summed E-state index contributed by atoms with van der Waals surface area (Å²) in [5.41, 5.74) is -0.0690. The molecule has 5 rings (SSSR count). The molecule has 0 atom stereocenters. The predicted octanol–water partition coefficient (Wildman–Crippen LogP) is 4.52. The minimum Gasteiger partial charge on any atom is -0.292 e.